The first kappa shape index (κ1) is 82.4. The molecule has 34 nitrogen and oxygen atoms in total. The van der Waals surface area contributed by atoms with Crippen molar-refractivity contribution in [3.05, 3.63) is 203 Å². The Labute approximate surface area is 687 Å². The highest BCUT2D eigenvalue weighted by atomic mass is 32.1. The van der Waals surface area contributed by atoms with Crippen LogP contribution in [0.25, 0.3) is 0 Å². The van der Waals surface area contributed by atoms with Crippen LogP contribution in [-0.2, 0) is 107 Å². The lowest BCUT2D eigenvalue weighted by Gasteiger charge is -2.23. The SMILES string of the molecule is CNC1C(=O)N(Cc2ccno2)CCc2ncsc21.CNC1C(=O)N(Cc2cnco2)CCc2ncsc21.CNC1C(=O)N(Cc2cncs2)CCc2ncsc21.CNC1C(=O)N(Cc2ncc[nH]2)CCc2ncsc21.CNC1C(=O)N(Cc2ncco2)CCc2ncsc21.CNC1C(=O)N(Cc2nccs2)CCc2ncsc21. The van der Waals surface area contributed by atoms with Gasteiger partial charge in [-0.25, -0.2) is 49.8 Å². The average molecular weight is 1700 g/mol. The van der Waals surface area contributed by atoms with Crippen LogP contribution in [0, 0.1) is 0 Å². The van der Waals surface area contributed by atoms with Gasteiger partial charge in [0.15, 0.2) is 12.2 Å². The minimum absolute atomic E-state index is 0.0451. The van der Waals surface area contributed by atoms with E-state index in [-0.39, 0.29) is 71.7 Å². The Morgan fingerprint density at radius 2 is 0.789 bits per heavy atom. The molecule has 0 aromatic carbocycles. The Balaban J connectivity index is 0.000000119. The first-order chi connectivity index (χ1) is 55.8. The van der Waals surface area contributed by atoms with Crippen molar-refractivity contribution in [2.75, 3.05) is 81.6 Å². The van der Waals surface area contributed by atoms with Crippen LogP contribution >= 0.6 is 90.7 Å². The minimum atomic E-state index is -0.319. The van der Waals surface area contributed by atoms with E-state index in [2.05, 4.69) is 96.9 Å². The number of aromatic amines is 1. The molecule has 0 saturated heterocycles. The summed E-state index contributed by atoms with van der Waals surface area (Å²) in [6.45, 7) is 7.06. The Bertz CT molecular complexity index is 4190. The second-order valence-electron chi connectivity index (χ2n) is 26.2. The van der Waals surface area contributed by atoms with Crippen molar-refractivity contribution in [3.8, 4) is 0 Å². The number of thiazole rings is 8. The minimum Gasteiger partial charge on any atom is -0.447 e. The number of likely N-dealkylation sites (N-methyl/N-ethyl adjacent to an activating group) is 6. The molecule has 0 saturated carbocycles. The highest BCUT2D eigenvalue weighted by Crippen LogP contribution is 2.35. The quantitative estimate of drug-likeness (QED) is 0.0480. The van der Waals surface area contributed by atoms with Crippen LogP contribution in [0.1, 0.15) is 133 Å². The summed E-state index contributed by atoms with van der Waals surface area (Å²) in [6.07, 6.45) is 19.5. The summed E-state index contributed by atoms with van der Waals surface area (Å²) in [4.78, 5) is 143. The Hall–Kier alpha value is -9.54. The molecule has 6 aliphatic rings. The summed E-state index contributed by atoms with van der Waals surface area (Å²) in [5.74, 6) is 3.24. The molecule has 18 rings (SSSR count). The van der Waals surface area contributed by atoms with E-state index in [9.17, 15) is 28.8 Å². The molecule has 7 N–H and O–H groups in total. The lowest BCUT2D eigenvalue weighted by Crippen LogP contribution is -2.38. The van der Waals surface area contributed by atoms with E-state index in [0.717, 1.165) is 118 Å². The zero-order valence-electron chi connectivity index (χ0n) is 63.1. The highest BCUT2D eigenvalue weighted by molar-refractivity contribution is 7.11. The normalized spacial score (nSPS) is 19.3. The van der Waals surface area contributed by atoms with E-state index < -0.39 is 0 Å². The first-order valence-electron chi connectivity index (χ1n) is 36.5. The number of oxazole rings is 2. The number of carbonyl (C=O) groups excluding carboxylic acids is 6. The fraction of sp³-hybridized carbons (Fsp3) is 0.417. The average Bonchev–Trinajstić information content (AvgIpc) is 1.70. The maximum Gasteiger partial charge on any atom is 0.245 e. The molecule has 12 aromatic heterocycles. The van der Waals surface area contributed by atoms with Crippen LogP contribution in [0.2, 0.25) is 0 Å². The number of hydrogen-bond donors (Lipinski definition) is 7. The fourth-order valence-corrected chi connectivity index (χ4v) is 20.5. The molecule has 12 aromatic rings. The summed E-state index contributed by atoms with van der Waals surface area (Å²) >= 11 is 12.4. The Morgan fingerprint density at radius 1 is 0.386 bits per heavy atom. The van der Waals surface area contributed by atoms with Crippen LogP contribution in [0.3, 0.4) is 0 Å². The van der Waals surface area contributed by atoms with Crippen molar-refractivity contribution in [3.63, 3.8) is 0 Å². The zero-order valence-corrected chi connectivity index (χ0v) is 69.6. The summed E-state index contributed by atoms with van der Waals surface area (Å²) in [6, 6.07) is 0.00395. The molecular weight excluding hydrogens is 1620 g/mol. The van der Waals surface area contributed by atoms with Gasteiger partial charge < -0.3 is 79.6 Å². The molecule has 6 aliphatic heterocycles. The van der Waals surface area contributed by atoms with Gasteiger partial charge in [-0.3, -0.25) is 33.8 Å². The van der Waals surface area contributed by atoms with Gasteiger partial charge in [-0.15, -0.1) is 90.7 Å². The number of carbonyl (C=O) groups is 6. The van der Waals surface area contributed by atoms with E-state index in [4.69, 9.17) is 13.4 Å². The van der Waals surface area contributed by atoms with Gasteiger partial charge in [0.05, 0.1) is 160 Å². The molecule has 18 heterocycles. The third kappa shape index (κ3) is 19.9. The molecule has 6 amide bonds. The largest absolute Gasteiger partial charge is 0.447 e. The van der Waals surface area contributed by atoms with Crippen LogP contribution in [0.15, 0.2) is 119 Å². The highest BCUT2D eigenvalue weighted by Gasteiger charge is 2.38. The van der Waals surface area contributed by atoms with Gasteiger partial charge in [0, 0.05) is 119 Å². The van der Waals surface area contributed by atoms with Gasteiger partial charge in [0.25, 0.3) is 0 Å². The van der Waals surface area contributed by atoms with Crippen molar-refractivity contribution in [2.24, 2.45) is 0 Å². The van der Waals surface area contributed by atoms with Crippen LogP contribution in [-0.4, -0.2) is 211 Å². The summed E-state index contributed by atoms with van der Waals surface area (Å²) in [5.41, 5.74) is 18.8. The van der Waals surface area contributed by atoms with Crippen molar-refractivity contribution in [2.45, 2.75) is 114 Å². The standard InChI is InChI=1S/C12H15N5OS.3C12H14N4O2S.2C12H14N4OS2/c1-13-10-11-8(16-7-19-11)2-5-17(12(10)18)6-9-14-3-4-15-9;1-13-10-11-8(15-7-19-11)2-4-16(12(10)17)6-9-14-3-5-18-9;1-13-10-11-9(14-7-19-11)3-5-16(12(10)17)6-8-2-4-15-18-8;1-13-10-11-9(15-7-19-11)2-3-16(12(10)17)5-8-4-14-6-18-8;1-13-10-11-8(15-7-19-11)2-4-16(12(10)17)6-9-14-3-5-18-9;1-13-10-11-9(15-7-19-11)2-3-16(12(10)17)5-8-4-14-6-18-8/h3-4,7,10,13H,2,5-6H2,1H3,(H,14,15);3,5,7,10,13H,2,4,6H2,1H3;2,4,7,10,13H,3,5-6H2,1H3;4,6-7,10,13H,2-3,5H2,1H3;3,5,7,10,13H,2,4,6H2,1H3;4,6-7,10,13H,2-3,5H2,1H3. The molecule has 6 atom stereocenters. The van der Waals surface area contributed by atoms with E-state index in [1.165, 1.54) is 46.7 Å². The van der Waals surface area contributed by atoms with E-state index in [0.29, 0.717) is 95.9 Å². The van der Waals surface area contributed by atoms with Gasteiger partial charge in [0.2, 0.25) is 41.3 Å². The molecular formula is C72H85N25O9S8. The van der Waals surface area contributed by atoms with E-state index in [1.807, 2.05) is 64.0 Å². The number of amides is 6. The summed E-state index contributed by atoms with van der Waals surface area (Å²) < 4.78 is 15.5. The Kier molecular flexibility index (Phi) is 29.0. The molecule has 0 aliphatic carbocycles. The summed E-state index contributed by atoms with van der Waals surface area (Å²) in [7, 11) is 10.8. The molecule has 0 fully saturated rings. The fourth-order valence-electron chi connectivity index (χ4n) is 13.6. The molecule has 42 heteroatoms. The number of hydrogen-bond acceptors (Lipinski definition) is 35. The second kappa shape index (κ2) is 40.2. The van der Waals surface area contributed by atoms with E-state index in [1.54, 1.807) is 158 Å². The topological polar surface area (TPSA) is 404 Å². The lowest BCUT2D eigenvalue weighted by molar-refractivity contribution is -0.134. The molecule has 0 spiro atoms. The Morgan fingerprint density at radius 3 is 1.12 bits per heavy atom. The number of aromatic nitrogens is 13. The summed E-state index contributed by atoms with van der Waals surface area (Å²) in [5, 5.41) is 25.1. The lowest BCUT2D eigenvalue weighted by atomic mass is 10.2. The molecule has 6 unspecified atom stereocenters. The third-order valence-electron chi connectivity index (χ3n) is 19.4. The van der Waals surface area contributed by atoms with Crippen LogP contribution in [0.5, 0.6) is 0 Å². The maximum atomic E-state index is 12.6. The number of nitrogens with one attached hydrogen (secondary N) is 7. The molecule has 0 radical (unpaired) electrons. The molecule has 114 heavy (non-hydrogen) atoms. The van der Waals surface area contributed by atoms with Gasteiger partial charge >= 0.3 is 0 Å². The van der Waals surface area contributed by atoms with Gasteiger partial charge in [-0.2, -0.15) is 0 Å². The predicted molar refractivity (Wildman–Crippen MR) is 431 cm³/mol. The van der Waals surface area contributed by atoms with Crippen molar-refractivity contribution in [1.82, 2.24) is 126 Å². The smallest absolute Gasteiger partial charge is 0.245 e. The monoisotopic (exact) mass is 1700 g/mol. The number of imidazole rings is 1. The maximum absolute atomic E-state index is 12.6. The van der Waals surface area contributed by atoms with Gasteiger partial charge in [-0.05, 0) is 42.3 Å². The number of fused-ring (bicyclic) bond motifs is 6. The number of nitrogens with zero attached hydrogens (tertiary/aromatic N) is 18. The predicted octanol–water partition coefficient (Wildman–Crippen LogP) is 6.53. The third-order valence-corrected chi connectivity index (χ3v) is 26.6. The number of H-pyrrole nitrogens is 1. The second-order valence-corrected chi connectivity index (χ2v) is 33.4. The van der Waals surface area contributed by atoms with Crippen molar-refractivity contribution >= 4 is 126 Å². The van der Waals surface area contributed by atoms with Gasteiger partial charge in [0.1, 0.15) is 59.1 Å². The van der Waals surface area contributed by atoms with Crippen LogP contribution < -0.4 is 31.9 Å². The van der Waals surface area contributed by atoms with Gasteiger partial charge in [-0.1, -0.05) is 5.16 Å². The first-order valence-corrected chi connectivity index (χ1v) is 43.5. The number of rotatable bonds is 18. The van der Waals surface area contributed by atoms with Crippen molar-refractivity contribution in [1.29, 1.82) is 0 Å². The van der Waals surface area contributed by atoms with Crippen molar-refractivity contribution < 1.29 is 42.1 Å². The van der Waals surface area contributed by atoms with E-state index >= 15 is 0 Å². The van der Waals surface area contributed by atoms with Crippen LogP contribution in [0.4, 0.5) is 0 Å². The zero-order chi connectivity index (χ0) is 79.5. The molecule has 0 bridgehead atoms. The molecule has 600 valence electrons.